The molecule has 1 aliphatic rings. The van der Waals surface area contributed by atoms with Gasteiger partial charge in [-0.15, -0.1) is 0 Å². The van der Waals surface area contributed by atoms with Gasteiger partial charge in [-0.3, -0.25) is 4.79 Å². The normalized spacial score (nSPS) is 14.6. The number of carbonyl (C=O) groups is 1. The zero-order chi connectivity index (χ0) is 13.0. The second kappa shape index (κ2) is 6.29. The van der Waals surface area contributed by atoms with Crippen LogP contribution in [0.2, 0.25) is 0 Å². The lowest BCUT2D eigenvalue weighted by Gasteiger charge is -2.08. The van der Waals surface area contributed by atoms with E-state index in [1.54, 1.807) is 6.07 Å². The molecule has 98 valence electrons. The van der Waals surface area contributed by atoms with E-state index < -0.39 is 0 Å². The van der Waals surface area contributed by atoms with Gasteiger partial charge < -0.3 is 10.6 Å². The number of hydrogen-bond acceptors (Lipinski definition) is 2. The molecule has 0 unspecified atom stereocenters. The summed E-state index contributed by atoms with van der Waals surface area (Å²) in [7, 11) is 0. The maximum Gasteiger partial charge on any atom is 0.234 e. The summed E-state index contributed by atoms with van der Waals surface area (Å²) in [6.07, 6.45) is 2.54. The molecule has 1 amide bonds. The molecule has 0 aromatic heterocycles. The monoisotopic (exact) mass is 314 g/mol. The summed E-state index contributed by atoms with van der Waals surface area (Å²) in [4.78, 5) is 11.5. The van der Waals surface area contributed by atoms with Gasteiger partial charge in [0.05, 0.1) is 6.54 Å². The van der Waals surface area contributed by atoms with E-state index in [0.717, 1.165) is 22.5 Å². The van der Waals surface area contributed by atoms with Gasteiger partial charge in [0.15, 0.2) is 0 Å². The summed E-state index contributed by atoms with van der Waals surface area (Å²) in [6.45, 7) is 1.57. The minimum atomic E-state index is -0.297. The Morgan fingerprint density at radius 1 is 1.44 bits per heavy atom. The fourth-order valence-corrected chi connectivity index (χ4v) is 2.03. The van der Waals surface area contributed by atoms with Crippen molar-refractivity contribution < 1.29 is 9.18 Å². The Hall–Kier alpha value is -0.940. The van der Waals surface area contributed by atoms with Crippen LogP contribution in [0.5, 0.6) is 0 Å². The standard InChI is InChI=1S/C13H16BrFN2O/c14-12-4-3-11(15)5-10(12)7-17-13(18)8-16-6-9-1-2-9/h3-5,9,16H,1-2,6-8H2,(H,17,18). The first-order valence-corrected chi connectivity index (χ1v) is 6.86. The molecule has 2 N–H and O–H groups in total. The third-order valence-corrected chi connectivity index (χ3v) is 3.67. The lowest BCUT2D eigenvalue weighted by molar-refractivity contribution is -0.120. The van der Waals surface area contributed by atoms with E-state index in [2.05, 4.69) is 26.6 Å². The van der Waals surface area contributed by atoms with E-state index in [1.807, 2.05) is 0 Å². The topological polar surface area (TPSA) is 41.1 Å². The van der Waals surface area contributed by atoms with E-state index in [0.29, 0.717) is 13.1 Å². The Morgan fingerprint density at radius 2 is 2.22 bits per heavy atom. The first-order valence-electron chi connectivity index (χ1n) is 6.06. The Kier molecular flexibility index (Phi) is 4.72. The highest BCUT2D eigenvalue weighted by atomic mass is 79.9. The summed E-state index contributed by atoms with van der Waals surface area (Å²) >= 11 is 3.33. The summed E-state index contributed by atoms with van der Waals surface area (Å²) in [5.41, 5.74) is 0.741. The Bertz CT molecular complexity index is 435. The third-order valence-electron chi connectivity index (χ3n) is 2.90. The number of benzene rings is 1. The van der Waals surface area contributed by atoms with Crippen molar-refractivity contribution in [3.05, 3.63) is 34.1 Å². The Balaban J connectivity index is 1.72. The van der Waals surface area contributed by atoms with E-state index in [4.69, 9.17) is 0 Å². The predicted octanol–water partition coefficient (Wildman–Crippen LogP) is 2.20. The Labute approximate surface area is 114 Å². The molecule has 0 bridgehead atoms. The first-order chi connectivity index (χ1) is 8.65. The second-order valence-electron chi connectivity index (χ2n) is 4.59. The van der Waals surface area contributed by atoms with Gasteiger partial charge >= 0.3 is 0 Å². The zero-order valence-electron chi connectivity index (χ0n) is 10.0. The highest BCUT2D eigenvalue weighted by Crippen LogP contribution is 2.27. The lowest BCUT2D eigenvalue weighted by atomic mass is 10.2. The average molecular weight is 315 g/mol. The maximum absolute atomic E-state index is 13.0. The number of hydrogen-bond donors (Lipinski definition) is 2. The van der Waals surface area contributed by atoms with Crippen molar-refractivity contribution >= 4 is 21.8 Å². The molecule has 0 saturated heterocycles. The van der Waals surface area contributed by atoms with E-state index in [1.165, 1.54) is 25.0 Å². The summed E-state index contributed by atoms with van der Waals surface area (Å²) in [5.74, 6) is 0.399. The molecule has 0 aliphatic heterocycles. The maximum atomic E-state index is 13.0. The van der Waals surface area contributed by atoms with Crippen molar-refractivity contribution in [1.82, 2.24) is 10.6 Å². The van der Waals surface area contributed by atoms with Crippen LogP contribution in [0.15, 0.2) is 22.7 Å². The SMILES string of the molecule is O=C(CNCC1CC1)NCc1cc(F)ccc1Br. The molecule has 0 heterocycles. The molecule has 2 rings (SSSR count). The van der Waals surface area contributed by atoms with Crippen molar-refractivity contribution in [2.75, 3.05) is 13.1 Å². The fourth-order valence-electron chi connectivity index (χ4n) is 1.65. The predicted molar refractivity (Wildman–Crippen MR) is 71.5 cm³/mol. The van der Waals surface area contributed by atoms with E-state index in [9.17, 15) is 9.18 Å². The van der Waals surface area contributed by atoms with Crippen molar-refractivity contribution in [2.24, 2.45) is 5.92 Å². The molecule has 3 nitrogen and oxygen atoms in total. The van der Waals surface area contributed by atoms with Crippen LogP contribution < -0.4 is 10.6 Å². The molecule has 1 aromatic rings. The molecular weight excluding hydrogens is 299 g/mol. The van der Waals surface area contributed by atoms with Crippen LogP contribution in [0.3, 0.4) is 0 Å². The molecule has 0 atom stereocenters. The molecule has 5 heteroatoms. The lowest BCUT2D eigenvalue weighted by Crippen LogP contribution is -2.34. The molecule has 0 spiro atoms. The van der Waals surface area contributed by atoms with Gasteiger partial charge in [-0.25, -0.2) is 4.39 Å². The van der Waals surface area contributed by atoms with Crippen molar-refractivity contribution in [1.29, 1.82) is 0 Å². The van der Waals surface area contributed by atoms with E-state index >= 15 is 0 Å². The number of halogens is 2. The summed E-state index contributed by atoms with van der Waals surface area (Å²) in [6, 6.07) is 4.44. The van der Waals surface area contributed by atoms with Gasteiger partial charge in [0.2, 0.25) is 5.91 Å². The first kappa shape index (κ1) is 13.5. The average Bonchev–Trinajstić information content (AvgIpc) is 3.14. The largest absolute Gasteiger partial charge is 0.351 e. The molecule has 1 aromatic carbocycles. The fraction of sp³-hybridized carbons (Fsp3) is 0.462. The van der Waals surface area contributed by atoms with Gasteiger partial charge in [0, 0.05) is 11.0 Å². The quantitative estimate of drug-likeness (QED) is 0.845. The van der Waals surface area contributed by atoms with Crippen LogP contribution in [0.25, 0.3) is 0 Å². The smallest absolute Gasteiger partial charge is 0.234 e. The summed E-state index contributed by atoms with van der Waals surface area (Å²) in [5, 5.41) is 5.87. The third kappa shape index (κ3) is 4.38. The van der Waals surface area contributed by atoms with Crippen LogP contribution in [0.4, 0.5) is 4.39 Å². The number of amides is 1. The van der Waals surface area contributed by atoms with Crippen LogP contribution in [-0.2, 0) is 11.3 Å². The highest BCUT2D eigenvalue weighted by molar-refractivity contribution is 9.10. The molecule has 18 heavy (non-hydrogen) atoms. The van der Waals surface area contributed by atoms with Crippen molar-refractivity contribution in [3.8, 4) is 0 Å². The minimum Gasteiger partial charge on any atom is -0.351 e. The summed E-state index contributed by atoms with van der Waals surface area (Å²) < 4.78 is 13.8. The van der Waals surface area contributed by atoms with Crippen LogP contribution in [0.1, 0.15) is 18.4 Å². The highest BCUT2D eigenvalue weighted by Gasteiger charge is 2.20. The zero-order valence-corrected chi connectivity index (χ0v) is 11.6. The van der Waals surface area contributed by atoms with Crippen molar-refractivity contribution in [3.63, 3.8) is 0 Å². The van der Waals surface area contributed by atoms with E-state index in [-0.39, 0.29) is 11.7 Å². The van der Waals surface area contributed by atoms with Gasteiger partial charge in [-0.05, 0) is 49.1 Å². The van der Waals surface area contributed by atoms with Crippen LogP contribution in [-0.4, -0.2) is 19.0 Å². The van der Waals surface area contributed by atoms with Gasteiger partial charge in [-0.1, -0.05) is 15.9 Å². The van der Waals surface area contributed by atoms with Crippen LogP contribution >= 0.6 is 15.9 Å². The van der Waals surface area contributed by atoms with Gasteiger partial charge in [0.25, 0.3) is 0 Å². The van der Waals surface area contributed by atoms with Gasteiger partial charge in [0.1, 0.15) is 5.82 Å². The molecule has 0 radical (unpaired) electrons. The second-order valence-corrected chi connectivity index (χ2v) is 5.44. The van der Waals surface area contributed by atoms with Crippen LogP contribution in [0, 0.1) is 11.7 Å². The van der Waals surface area contributed by atoms with Gasteiger partial charge in [-0.2, -0.15) is 0 Å². The van der Waals surface area contributed by atoms with Crippen molar-refractivity contribution in [2.45, 2.75) is 19.4 Å². The molecule has 1 saturated carbocycles. The number of carbonyl (C=O) groups excluding carboxylic acids is 1. The Morgan fingerprint density at radius 3 is 2.94 bits per heavy atom. The molecule has 1 fully saturated rings. The minimum absolute atomic E-state index is 0.0631. The number of nitrogens with one attached hydrogen (secondary N) is 2. The molecular formula is C13H16BrFN2O. The number of rotatable bonds is 6. The molecule has 1 aliphatic carbocycles.